The third kappa shape index (κ3) is 8.55. The number of hydrazone groups is 1. The van der Waals surface area contributed by atoms with Crippen LogP contribution in [0.1, 0.15) is 25.3 Å². The van der Waals surface area contributed by atoms with Crippen LogP contribution in [0, 0.1) is 5.82 Å². The maximum Gasteiger partial charge on any atom is 0.329 e. The third-order valence-electron chi connectivity index (χ3n) is 3.84. The van der Waals surface area contributed by atoms with Gasteiger partial charge in [0.05, 0.1) is 11.9 Å². The van der Waals surface area contributed by atoms with Gasteiger partial charge >= 0.3 is 11.8 Å². The van der Waals surface area contributed by atoms with Gasteiger partial charge in [-0.1, -0.05) is 41.4 Å². The molecule has 0 spiro atoms. The Kier molecular flexibility index (Phi) is 9.63. The van der Waals surface area contributed by atoms with Gasteiger partial charge in [0.15, 0.2) is 6.61 Å². The van der Waals surface area contributed by atoms with Gasteiger partial charge in [0.1, 0.15) is 11.6 Å². The standard InChI is InChI=1S/C21H22BrFN4O4/c1-2-3-9-24-20(29)21(30)27-25-12-14-5-4-6-16(10-14)31-13-19(28)26-18-8-7-15(22)11-17(18)23/h4-8,10-12H,2-3,9,13H2,1H3,(H,24,29)(H,26,28)(H,27,30)/b25-12-. The summed E-state index contributed by atoms with van der Waals surface area (Å²) in [5.74, 6) is -2.34. The lowest BCUT2D eigenvalue weighted by Gasteiger charge is -2.09. The summed E-state index contributed by atoms with van der Waals surface area (Å²) in [6, 6.07) is 10.9. The largest absolute Gasteiger partial charge is 0.484 e. The molecular weight excluding hydrogens is 471 g/mol. The molecule has 2 aromatic rings. The Labute approximate surface area is 187 Å². The highest BCUT2D eigenvalue weighted by Gasteiger charge is 2.11. The van der Waals surface area contributed by atoms with E-state index < -0.39 is 23.5 Å². The summed E-state index contributed by atoms with van der Waals surface area (Å²) >= 11 is 3.14. The Morgan fingerprint density at radius 2 is 1.97 bits per heavy atom. The Bertz CT molecular complexity index is 968. The highest BCUT2D eigenvalue weighted by Crippen LogP contribution is 2.19. The van der Waals surface area contributed by atoms with E-state index in [-0.39, 0.29) is 12.3 Å². The number of rotatable bonds is 9. The van der Waals surface area contributed by atoms with Gasteiger partial charge < -0.3 is 15.4 Å². The molecule has 0 aliphatic rings. The molecule has 31 heavy (non-hydrogen) atoms. The van der Waals surface area contributed by atoms with Crippen LogP contribution in [0.15, 0.2) is 52.0 Å². The van der Waals surface area contributed by atoms with E-state index in [0.717, 1.165) is 12.8 Å². The SMILES string of the molecule is CCCCNC(=O)C(=O)N/N=C\c1cccc(OCC(=O)Nc2ccc(Br)cc2F)c1. The average Bonchev–Trinajstić information content (AvgIpc) is 2.74. The molecule has 0 aromatic heterocycles. The van der Waals surface area contributed by atoms with Crippen LogP contribution in [-0.2, 0) is 14.4 Å². The van der Waals surface area contributed by atoms with Crippen LogP contribution in [-0.4, -0.2) is 37.1 Å². The van der Waals surface area contributed by atoms with Crippen LogP contribution in [0.4, 0.5) is 10.1 Å². The minimum absolute atomic E-state index is 0.0483. The monoisotopic (exact) mass is 492 g/mol. The number of carbonyl (C=O) groups excluding carboxylic acids is 3. The summed E-state index contributed by atoms with van der Waals surface area (Å²) in [7, 11) is 0. The number of hydrogen-bond donors (Lipinski definition) is 3. The van der Waals surface area contributed by atoms with Crippen LogP contribution < -0.4 is 20.8 Å². The highest BCUT2D eigenvalue weighted by atomic mass is 79.9. The summed E-state index contributed by atoms with van der Waals surface area (Å²) < 4.78 is 19.7. The fourth-order valence-electron chi connectivity index (χ4n) is 2.29. The Morgan fingerprint density at radius 1 is 1.16 bits per heavy atom. The number of carbonyl (C=O) groups is 3. The molecule has 8 nitrogen and oxygen atoms in total. The minimum Gasteiger partial charge on any atom is -0.484 e. The predicted octanol–water partition coefficient (Wildman–Crippen LogP) is 2.97. The van der Waals surface area contributed by atoms with Gasteiger partial charge in [0.25, 0.3) is 5.91 Å². The summed E-state index contributed by atoms with van der Waals surface area (Å²) in [4.78, 5) is 35.2. The zero-order valence-electron chi connectivity index (χ0n) is 16.8. The van der Waals surface area contributed by atoms with Crippen molar-refractivity contribution in [2.45, 2.75) is 19.8 Å². The van der Waals surface area contributed by atoms with Crippen molar-refractivity contribution in [3.8, 4) is 5.75 Å². The number of amides is 3. The lowest BCUT2D eigenvalue weighted by Crippen LogP contribution is -2.38. The van der Waals surface area contributed by atoms with Gasteiger partial charge in [-0.05, 0) is 42.3 Å². The van der Waals surface area contributed by atoms with Crippen LogP contribution in [0.3, 0.4) is 0 Å². The number of unbranched alkanes of at least 4 members (excludes halogenated alkanes) is 1. The molecule has 0 saturated heterocycles. The van der Waals surface area contributed by atoms with Crippen molar-refractivity contribution >= 4 is 45.6 Å². The van der Waals surface area contributed by atoms with E-state index in [1.54, 1.807) is 30.3 Å². The molecule has 0 radical (unpaired) electrons. The van der Waals surface area contributed by atoms with Crippen LogP contribution in [0.25, 0.3) is 0 Å². The molecular formula is C21H22BrFN4O4. The van der Waals surface area contributed by atoms with Crippen molar-refractivity contribution < 1.29 is 23.5 Å². The van der Waals surface area contributed by atoms with Crippen molar-refractivity contribution in [1.29, 1.82) is 0 Å². The molecule has 0 heterocycles. The molecule has 3 amide bonds. The van der Waals surface area contributed by atoms with Gasteiger partial charge in [-0.3, -0.25) is 14.4 Å². The molecule has 2 aromatic carbocycles. The maximum absolute atomic E-state index is 13.8. The molecule has 0 unspecified atom stereocenters. The normalized spacial score (nSPS) is 10.5. The molecule has 3 N–H and O–H groups in total. The van der Waals surface area contributed by atoms with Gasteiger partial charge in [-0.2, -0.15) is 5.10 Å². The van der Waals surface area contributed by atoms with Crippen LogP contribution >= 0.6 is 15.9 Å². The van der Waals surface area contributed by atoms with Crippen LogP contribution in [0.2, 0.25) is 0 Å². The lowest BCUT2D eigenvalue weighted by atomic mass is 10.2. The Balaban J connectivity index is 1.83. The second kappa shape index (κ2) is 12.4. The first-order chi connectivity index (χ1) is 14.9. The van der Waals surface area contributed by atoms with Crippen LogP contribution in [0.5, 0.6) is 5.75 Å². The summed E-state index contributed by atoms with van der Waals surface area (Å²) in [6.07, 6.45) is 3.02. The zero-order chi connectivity index (χ0) is 22.6. The highest BCUT2D eigenvalue weighted by molar-refractivity contribution is 9.10. The topological polar surface area (TPSA) is 109 Å². The van der Waals surface area contributed by atoms with Gasteiger partial charge in [-0.25, -0.2) is 9.82 Å². The number of nitrogens with one attached hydrogen (secondary N) is 3. The summed E-state index contributed by atoms with van der Waals surface area (Å²) in [6.45, 7) is 2.07. The van der Waals surface area contributed by atoms with E-state index in [0.29, 0.717) is 22.3 Å². The second-order valence-corrected chi connectivity index (χ2v) is 7.26. The van der Waals surface area contributed by atoms with E-state index in [9.17, 15) is 18.8 Å². The number of anilines is 1. The first-order valence-electron chi connectivity index (χ1n) is 9.48. The predicted molar refractivity (Wildman–Crippen MR) is 118 cm³/mol. The molecule has 0 fully saturated rings. The molecule has 0 aliphatic heterocycles. The molecule has 10 heteroatoms. The van der Waals surface area contributed by atoms with Crippen molar-refractivity contribution in [2.75, 3.05) is 18.5 Å². The molecule has 0 aliphatic carbocycles. The third-order valence-corrected chi connectivity index (χ3v) is 4.33. The van der Waals surface area contributed by atoms with E-state index in [4.69, 9.17) is 4.74 Å². The fourth-order valence-corrected chi connectivity index (χ4v) is 2.62. The van der Waals surface area contributed by atoms with E-state index in [1.165, 1.54) is 18.3 Å². The molecule has 0 bridgehead atoms. The van der Waals surface area contributed by atoms with E-state index in [1.807, 2.05) is 6.92 Å². The maximum atomic E-state index is 13.8. The number of hydrogen-bond acceptors (Lipinski definition) is 5. The van der Waals surface area contributed by atoms with Crippen molar-refractivity contribution in [1.82, 2.24) is 10.7 Å². The number of nitrogens with zero attached hydrogens (tertiary/aromatic N) is 1. The quantitative estimate of drug-likeness (QED) is 0.216. The molecule has 0 atom stereocenters. The summed E-state index contributed by atoms with van der Waals surface area (Å²) in [5.41, 5.74) is 2.76. The smallest absolute Gasteiger partial charge is 0.329 e. The number of halogens is 2. The summed E-state index contributed by atoms with van der Waals surface area (Å²) in [5, 5.41) is 8.64. The van der Waals surface area contributed by atoms with E-state index in [2.05, 4.69) is 37.1 Å². The second-order valence-electron chi connectivity index (χ2n) is 6.34. The molecule has 2 rings (SSSR count). The Morgan fingerprint density at radius 3 is 2.71 bits per heavy atom. The fraction of sp³-hybridized carbons (Fsp3) is 0.238. The van der Waals surface area contributed by atoms with Gasteiger partial charge in [0.2, 0.25) is 0 Å². The van der Waals surface area contributed by atoms with Gasteiger partial charge in [0, 0.05) is 11.0 Å². The molecule has 164 valence electrons. The van der Waals surface area contributed by atoms with Crippen molar-refractivity contribution in [2.24, 2.45) is 5.10 Å². The van der Waals surface area contributed by atoms with Crippen molar-refractivity contribution in [3.63, 3.8) is 0 Å². The van der Waals surface area contributed by atoms with E-state index >= 15 is 0 Å². The van der Waals surface area contributed by atoms with Gasteiger partial charge in [-0.15, -0.1) is 0 Å². The average molecular weight is 493 g/mol. The number of benzene rings is 2. The molecule has 0 saturated carbocycles. The number of ether oxygens (including phenoxy) is 1. The van der Waals surface area contributed by atoms with Crippen molar-refractivity contribution in [3.05, 3.63) is 58.3 Å². The first kappa shape index (κ1) is 24.0. The zero-order valence-corrected chi connectivity index (χ0v) is 18.4. The Hall–Kier alpha value is -3.27. The lowest BCUT2D eigenvalue weighted by molar-refractivity contribution is -0.139. The first-order valence-corrected chi connectivity index (χ1v) is 10.3. The minimum atomic E-state index is -0.864.